The third-order valence-corrected chi connectivity index (χ3v) is 2.35. The molecule has 78 valence electrons. The number of nitrogens with zero attached hydrogens (tertiary/aromatic N) is 1. The highest BCUT2D eigenvalue weighted by molar-refractivity contribution is 5.77. The second kappa shape index (κ2) is 4.17. The summed E-state index contributed by atoms with van der Waals surface area (Å²) in [4.78, 5) is 0. The van der Waals surface area contributed by atoms with Crippen molar-refractivity contribution in [3.63, 3.8) is 0 Å². The van der Waals surface area contributed by atoms with Crippen LogP contribution in [0.4, 0.5) is 5.82 Å². The van der Waals surface area contributed by atoms with E-state index in [9.17, 15) is 0 Å². The third-order valence-electron chi connectivity index (χ3n) is 2.35. The second-order valence-corrected chi connectivity index (χ2v) is 3.47. The van der Waals surface area contributed by atoms with Crippen molar-refractivity contribution in [1.82, 2.24) is 10.2 Å². The maximum atomic E-state index is 4.25. The molecule has 2 rings (SSSR count). The van der Waals surface area contributed by atoms with Gasteiger partial charge in [0, 0.05) is 17.8 Å². The molecule has 3 nitrogen and oxygen atoms in total. The normalized spacial score (nSPS) is 10.3. The molecule has 0 aliphatic carbocycles. The van der Waals surface area contributed by atoms with Gasteiger partial charge in [-0.05, 0) is 19.4 Å². The van der Waals surface area contributed by atoms with Crippen LogP contribution < -0.4 is 5.32 Å². The number of benzene rings is 1. The predicted octanol–water partition coefficient (Wildman–Crippen LogP) is 2.82. The molecule has 0 aliphatic rings. The van der Waals surface area contributed by atoms with Crippen LogP contribution in [-0.2, 0) is 0 Å². The lowest BCUT2D eigenvalue weighted by Gasteiger charge is -2.04. The summed E-state index contributed by atoms with van der Waals surface area (Å²) in [5, 5.41) is 10.5. The average molecular weight is 201 g/mol. The molecule has 0 amide bonds. The van der Waals surface area contributed by atoms with Crippen LogP contribution in [0.2, 0.25) is 0 Å². The fourth-order valence-electron chi connectivity index (χ4n) is 1.68. The Bertz CT molecular complexity index is 431. The van der Waals surface area contributed by atoms with E-state index < -0.39 is 0 Å². The van der Waals surface area contributed by atoms with Gasteiger partial charge in [0.05, 0.1) is 0 Å². The summed E-state index contributed by atoms with van der Waals surface area (Å²) < 4.78 is 0. The molecule has 0 bridgehead atoms. The first-order chi connectivity index (χ1) is 7.33. The Balaban J connectivity index is 2.47. The largest absolute Gasteiger partial charge is 0.368 e. The molecule has 1 aromatic heterocycles. The summed E-state index contributed by atoms with van der Waals surface area (Å²) in [5.74, 6) is 0.932. The van der Waals surface area contributed by atoms with E-state index in [1.165, 1.54) is 5.56 Å². The molecule has 1 heterocycles. The molecule has 0 unspecified atom stereocenters. The lowest BCUT2D eigenvalue weighted by atomic mass is 10.1. The first-order valence-electron chi connectivity index (χ1n) is 5.17. The molecule has 0 fully saturated rings. The zero-order valence-electron chi connectivity index (χ0n) is 9.04. The maximum Gasteiger partial charge on any atom is 0.155 e. The van der Waals surface area contributed by atoms with E-state index in [1.54, 1.807) is 0 Å². The molecule has 0 saturated carbocycles. The summed E-state index contributed by atoms with van der Waals surface area (Å²) in [5.41, 5.74) is 3.45. The van der Waals surface area contributed by atoms with Gasteiger partial charge in [0.25, 0.3) is 0 Å². The van der Waals surface area contributed by atoms with Gasteiger partial charge in [0.1, 0.15) is 0 Å². The molecule has 1 aromatic carbocycles. The Labute approximate surface area is 89.5 Å². The number of anilines is 1. The quantitative estimate of drug-likeness (QED) is 0.801. The van der Waals surface area contributed by atoms with Crippen molar-refractivity contribution in [2.75, 3.05) is 11.9 Å². The lowest BCUT2D eigenvalue weighted by molar-refractivity contribution is 1.03. The van der Waals surface area contributed by atoms with E-state index in [0.29, 0.717) is 0 Å². The van der Waals surface area contributed by atoms with Crippen molar-refractivity contribution >= 4 is 5.82 Å². The highest BCUT2D eigenvalue weighted by atomic mass is 15.2. The summed E-state index contributed by atoms with van der Waals surface area (Å²) >= 11 is 0. The van der Waals surface area contributed by atoms with Gasteiger partial charge in [0.2, 0.25) is 0 Å². The van der Waals surface area contributed by atoms with Gasteiger partial charge >= 0.3 is 0 Å². The van der Waals surface area contributed by atoms with Gasteiger partial charge in [-0.3, -0.25) is 5.10 Å². The van der Waals surface area contributed by atoms with E-state index in [0.717, 1.165) is 23.6 Å². The first kappa shape index (κ1) is 9.77. The maximum absolute atomic E-state index is 4.25. The second-order valence-electron chi connectivity index (χ2n) is 3.47. The van der Waals surface area contributed by atoms with Crippen molar-refractivity contribution < 1.29 is 0 Å². The van der Waals surface area contributed by atoms with Crippen LogP contribution in [0.1, 0.15) is 12.6 Å². The first-order valence-corrected chi connectivity index (χ1v) is 5.17. The van der Waals surface area contributed by atoms with Gasteiger partial charge in [-0.25, -0.2) is 0 Å². The Morgan fingerprint density at radius 3 is 2.67 bits per heavy atom. The molecule has 0 spiro atoms. The van der Waals surface area contributed by atoms with Gasteiger partial charge in [0.15, 0.2) is 5.82 Å². The van der Waals surface area contributed by atoms with Crippen LogP contribution in [-0.4, -0.2) is 16.7 Å². The lowest BCUT2D eigenvalue weighted by Crippen LogP contribution is -1.98. The third kappa shape index (κ3) is 1.86. The minimum absolute atomic E-state index is 0.879. The molecule has 0 aliphatic heterocycles. The number of aromatic amines is 1. The monoisotopic (exact) mass is 201 g/mol. The van der Waals surface area contributed by atoms with Crippen LogP contribution in [0, 0.1) is 6.92 Å². The summed E-state index contributed by atoms with van der Waals surface area (Å²) in [6.07, 6.45) is 0. The Morgan fingerprint density at radius 2 is 2.00 bits per heavy atom. The number of nitrogens with one attached hydrogen (secondary N) is 2. The topological polar surface area (TPSA) is 40.7 Å². The summed E-state index contributed by atoms with van der Waals surface area (Å²) in [6, 6.07) is 10.3. The van der Waals surface area contributed by atoms with E-state index in [4.69, 9.17) is 0 Å². The number of H-pyrrole nitrogens is 1. The molecule has 0 atom stereocenters. The minimum atomic E-state index is 0.879. The predicted molar refractivity (Wildman–Crippen MR) is 62.9 cm³/mol. The van der Waals surface area contributed by atoms with Gasteiger partial charge in [-0.1, -0.05) is 30.3 Å². The molecular formula is C12H15N3. The van der Waals surface area contributed by atoms with Crippen molar-refractivity contribution in [3.05, 3.63) is 36.0 Å². The molecule has 0 radical (unpaired) electrons. The average Bonchev–Trinajstić information content (AvgIpc) is 2.62. The van der Waals surface area contributed by atoms with Crippen molar-refractivity contribution in [1.29, 1.82) is 0 Å². The smallest absolute Gasteiger partial charge is 0.155 e. The highest BCUT2D eigenvalue weighted by Crippen LogP contribution is 2.28. The highest BCUT2D eigenvalue weighted by Gasteiger charge is 2.10. The van der Waals surface area contributed by atoms with Gasteiger partial charge < -0.3 is 5.32 Å². The van der Waals surface area contributed by atoms with Crippen LogP contribution in [0.15, 0.2) is 30.3 Å². The molecular weight excluding hydrogens is 186 g/mol. The number of hydrogen-bond acceptors (Lipinski definition) is 2. The van der Waals surface area contributed by atoms with Crippen molar-refractivity contribution in [3.8, 4) is 11.1 Å². The van der Waals surface area contributed by atoms with Crippen LogP contribution in [0.3, 0.4) is 0 Å². The fraction of sp³-hybridized carbons (Fsp3) is 0.250. The van der Waals surface area contributed by atoms with E-state index in [-0.39, 0.29) is 0 Å². The number of rotatable bonds is 3. The Morgan fingerprint density at radius 1 is 1.27 bits per heavy atom. The van der Waals surface area contributed by atoms with Crippen molar-refractivity contribution in [2.24, 2.45) is 0 Å². The van der Waals surface area contributed by atoms with Crippen LogP contribution >= 0.6 is 0 Å². The molecule has 2 N–H and O–H groups in total. The summed E-state index contributed by atoms with van der Waals surface area (Å²) in [6.45, 7) is 4.99. The fourth-order valence-corrected chi connectivity index (χ4v) is 1.68. The van der Waals surface area contributed by atoms with E-state index >= 15 is 0 Å². The Hall–Kier alpha value is -1.77. The zero-order chi connectivity index (χ0) is 10.7. The van der Waals surface area contributed by atoms with E-state index in [1.807, 2.05) is 25.1 Å². The van der Waals surface area contributed by atoms with Gasteiger partial charge in [-0.2, -0.15) is 5.10 Å². The van der Waals surface area contributed by atoms with E-state index in [2.05, 4.69) is 34.6 Å². The summed E-state index contributed by atoms with van der Waals surface area (Å²) in [7, 11) is 0. The van der Waals surface area contributed by atoms with Gasteiger partial charge in [-0.15, -0.1) is 0 Å². The number of aromatic nitrogens is 2. The SMILES string of the molecule is CCNc1n[nH]c(C)c1-c1ccccc1. The molecule has 0 saturated heterocycles. The number of hydrogen-bond donors (Lipinski definition) is 2. The standard InChI is InChI=1S/C12H15N3/c1-3-13-12-11(9(2)14-15-12)10-7-5-4-6-8-10/h4-8H,3H2,1-2H3,(H2,13,14,15). The van der Waals surface area contributed by atoms with Crippen LogP contribution in [0.25, 0.3) is 11.1 Å². The van der Waals surface area contributed by atoms with Crippen molar-refractivity contribution in [2.45, 2.75) is 13.8 Å². The molecule has 15 heavy (non-hydrogen) atoms. The minimum Gasteiger partial charge on any atom is -0.368 e. The van der Waals surface area contributed by atoms with Crippen LogP contribution in [0.5, 0.6) is 0 Å². The Kier molecular flexibility index (Phi) is 2.72. The number of aryl methyl sites for hydroxylation is 1. The molecule has 2 aromatic rings. The molecule has 3 heteroatoms. The zero-order valence-corrected chi connectivity index (χ0v) is 9.04.